The fraction of sp³-hybridized carbons (Fsp3) is 0.333. The molecule has 0 spiro atoms. The SMILES string of the molecule is COCCn1c(-c2ccc(C(C)C)cc2)nc2c(I)c(Cc3cccnc3[S+](C)[O-])cc(OC)c21. The molecule has 0 saturated heterocycles. The van der Waals surface area contributed by atoms with Crippen LogP contribution in [0.5, 0.6) is 5.75 Å². The monoisotopic (exact) mass is 603 g/mol. The fourth-order valence-electron chi connectivity index (χ4n) is 4.24. The van der Waals surface area contributed by atoms with Crippen LogP contribution in [0.3, 0.4) is 0 Å². The average molecular weight is 604 g/mol. The van der Waals surface area contributed by atoms with E-state index >= 15 is 0 Å². The smallest absolute Gasteiger partial charge is 0.247 e. The number of imidazole rings is 1. The van der Waals surface area contributed by atoms with Gasteiger partial charge in [-0.3, -0.25) is 0 Å². The second-order valence-electron chi connectivity index (χ2n) is 8.70. The molecule has 35 heavy (non-hydrogen) atoms. The topological polar surface area (TPSA) is 72.2 Å². The number of hydrogen-bond donors (Lipinski definition) is 0. The molecule has 2 aromatic heterocycles. The maximum Gasteiger partial charge on any atom is 0.247 e. The van der Waals surface area contributed by atoms with E-state index in [1.807, 2.05) is 12.1 Å². The van der Waals surface area contributed by atoms with E-state index in [0.717, 1.165) is 42.9 Å². The van der Waals surface area contributed by atoms with Crippen LogP contribution in [-0.2, 0) is 28.9 Å². The van der Waals surface area contributed by atoms with Crippen LogP contribution < -0.4 is 4.74 Å². The maximum atomic E-state index is 12.2. The van der Waals surface area contributed by atoms with E-state index in [1.165, 1.54) is 5.56 Å². The molecule has 1 unspecified atom stereocenters. The third-order valence-electron chi connectivity index (χ3n) is 6.07. The maximum absolute atomic E-state index is 12.2. The van der Waals surface area contributed by atoms with Gasteiger partial charge in [-0.1, -0.05) is 44.2 Å². The summed E-state index contributed by atoms with van der Waals surface area (Å²) >= 11 is 1.20. The van der Waals surface area contributed by atoms with Gasteiger partial charge in [-0.2, -0.15) is 0 Å². The van der Waals surface area contributed by atoms with Crippen molar-refractivity contribution >= 4 is 44.8 Å². The van der Waals surface area contributed by atoms with Crippen LogP contribution >= 0.6 is 22.6 Å². The molecule has 2 heterocycles. The van der Waals surface area contributed by atoms with Crippen molar-refractivity contribution in [3.63, 3.8) is 0 Å². The number of ether oxygens (including phenoxy) is 2. The summed E-state index contributed by atoms with van der Waals surface area (Å²) in [6.45, 7) is 5.60. The van der Waals surface area contributed by atoms with Gasteiger partial charge in [0.1, 0.15) is 28.9 Å². The van der Waals surface area contributed by atoms with Crippen molar-refractivity contribution in [3.8, 4) is 17.1 Å². The highest BCUT2D eigenvalue weighted by Gasteiger charge is 2.23. The Kier molecular flexibility index (Phi) is 8.36. The number of nitrogens with zero attached hydrogens (tertiary/aromatic N) is 3. The molecule has 0 N–H and O–H groups in total. The number of methoxy groups -OCH3 is 2. The predicted molar refractivity (Wildman–Crippen MR) is 150 cm³/mol. The van der Waals surface area contributed by atoms with E-state index in [0.29, 0.717) is 30.5 Å². The lowest BCUT2D eigenvalue weighted by atomic mass is 10.0. The van der Waals surface area contributed by atoms with Crippen LogP contribution in [0.4, 0.5) is 0 Å². The van der Waals surface area contributed by atoms with Crippen LogP contribution in [0, 0.1) is 3.57 Å². The fourth-order valence-corrected chi connectivity index (χ4v) is 5.68. The molecule has 184 valence electrons. The molecule has 0 radical (unpaired) electrons. The minimum Gasteiger partial charge on any atom is -0.610 e. The van der Waals surface area contributed by atoms with Gasteiger partial charge in [0.25, 0.3) is 0 Å². The molecule has 4 aromatic rings. The molecular weight excluding hydrogens is 573 g/mol. The zero-order chi connectivity index (χ0) is 25.1. The third kappa shape index (κ3) is 5.35. The van der Waals surface area contributed by atoms with Gasteiger partial charge in [0.15, 0.2) is 0 Å². The molecule has 2 aromatic carbocycles. The van der Waals surface area contributed by atoms with Crippen molar-refractivity contribution in [3.05, 3.63) is 68.9 Å². The van der Waals surface area contributed by atoms with Gasteiger partial charge >= 0.3 is 0 Å². The van der Waals surface area contributed by atoms with Gasteiger partial charge < -0.3 is 18.6 Å². The minimum absolute atomic E-state index is 0.467. The molecule has 8 heteroatoms. The minimum atomic E-state index is -1.17. The van der Waals surface area contributed by atoms with Crippen LogP contribution in [0.1, 0.15) is 36.5 Å². The van der Waals surface area contributed by atoms with Crippen molar-refractivity contribution in [1.29, 1.82) is 0 Å². The number of fused-ring (bicyclic) bond motifs is 1. The predicted octanol–water partition coefficient (Wildman–Crippen LogP) is 5.81. The second kappa shape index (κ2) is 11.3. The Hall–Kier alpha value is -2.14. The first-order valence-electron chi connectivity index (χ1n) is 11.5. The van der Waals surface area contributed by atoms with Crippen LogP contribution in [-0.4, -0.2) is 46.2 Å². The van der Waals surface area contributed by atoms with E-state index in [2.05, 4.69) is 76.3 Å². The summed E-state index contributed by atoms with van der Waals surface area (Å²) in [7, 11) is 3.39. The Morgan fingerprint density at radius 1 is 1.11 bits per heavy atom. The summed E-state index contributed by atoms with van der Waals surface area (Å²) in [6, 6.07) is 14.5. The first-order chi connectivity index (χ1) is 16.8. The highest BCUT2D eigenvalue weighted by atomic mass is 127. The summed E-state index contributed by atoms with van der Waals surface area (Å²) in [6.07, 6.45) is 3.94. The highest BCUT2D eigenvalue weighted by molar-refractivity contribution is 14.1. The van der Waals surface area contributed by atoms with Gasteiger partial charge in [0.2, 0.25) is 5.03 Å². The summed E-state index contributed by atoms with van der Waals surface area (Å²) in [5, 5.41) is 0.610. The number of rotatable bonds is 9. The molecule has 0 saturated carbocycles. The van der Waals surface area contributed by atoms with Crippen molar-refractivity contribution in [2.75, 3.05) is 27.1 Å². The van der Waals surface area contributed by atoms with Gasteiger partial charge in [-0.25, -0.2) is 9.97 Å². The molecule has 1 atom stereocenters. The number of benzene rings is 2. The molecule has 0 aliphatic carbocycles. The molecule has 0 fully saturated rings. The standard InChI is InChI=1S/C27H30IN3O3S/c1-17(2)18-8-10-19(11-9-18)26-30-24-23(28)21(15-20-7-6-12-29-27(20)35(5)32)16-22(34-4)25(24)31(26)13-14-33-3/h6-12,16-17H,13-15H2,1-5H3. The van der Waals surface area contributed by atoms with Crippen LogP contribution in [0.2, 0.25) is 0 Å². The van der Waals surface area contributed by atoms with Gasteiger partial charge in [0, 0.05) is 52.1 Å². The van der Waals surface area contributed by atoms with Crippen LogP contribution in [0.15, 0.2) is 53.7 Å². The highest BCUT2D eigenvalue weighted by Crippen LogP contribution is 2.37. The lowest BCUT2D eigenvalue weighted by molar-refractivity contribution is 0.188. The average Bonchev–Trinajstić information content (AvgIpc) is 3.24. The molecular formula is C27H30IN3O3S. The second-order valence-corrected chi connectivity index (χ2v) is 11.1. The Balaban J connectivity index is 1.89. The van der Waals surface area contributed by atoms with Crippen molar-refractivity contribution in [1.82, 2.24) is 14.5 Å². The van der Waals surface area contributed by atoms with Crippen molar-refractivity contribution < 1.29 is 14.0 Å². The van der Waals surface area contributed by atoms with E-state index < -0.39 is 11.2 Å². The first-order valence-corrected chi connectivity index (χ1v) is 14.1. The molecule has 0 bridgehead atoms. The largest absolute Gasteiger partial charge is 0.610 e. The Morgan fingerprint density at radius 2 is 1.86 bits per heavy atom. The summed E-state index contributed by atoms with van der Waals surface area (Å²) < 4.78 is 26.8. The zero-order valence-corrected chi connectivity index (χ0v) is 23.6. The molecule has 4 rings (SSSR count). The van der Waals surface area contributed by atoms with E-state index in [4.69, 9.17) is 14.5 Å². The number of hydrogen-bond acceptors (Lipinski definition) is 5. The zero-order valence-electron chi connectivity index (χ0n) is 20.7. The Bertz CT molecular complexity index is 1320. The van der Waals surface area contributed by atoms with E-state index in [-0.39, 0.29) is 0 Å². The van der Waals surface area contributed by atoms with Gasteiger partial charge in [-0.05, 0) is 51.8 Å². The molecule has 0 aliphatic rings. The normalized spacial score (nSPS) is 12.5. The lowest BCUT2D eigenvalue weighted by Crippen LogP contribution is -2.08. The quantitative estimate of drug-likeness (QED) is 0.179. The van der Waals surface area contributed by atoms with E-state index in [9.17, 15) is 4.55 Å². The Labute approximate surface area is 223 Å². The third-order valence-corrected chi connectivity index (χ3v) is 8.19. The van der Waals surface area contributed by atoms with Crippen molar-refractivity contribution in [2.45, 2.75) is 37.8 Å². The molecule has 0 amide bonds. The van der Waals surface area contributed by atoms with Crippen LogP contribution in [0.25, 0.3) is 22.4 Å². The molecule has 6 nitrogen and oxygen atoms in total. The number of halogens is 1. The number of pyridine rings is 1. The Morgan fingerprint density at radius 3 is 2.49 bits per heavy atom. The van der Waals surface area contributed by atoms with Gasteiger partial charge in [-0.15, -0.1) is 0 Å². The van der Waals surface area contributed by atoms with Crippen molar-refractivity contribution in [2.24, 2.45) is 0 Å². The number of aromatic nitrogens is 3. The first kappa shape index (κ1) is 25.9. The van der Waals surface area contributed by atoms with Gasteiger partial charge in [0.05, 0.1) is 13.7 Å². The van der Waals surface area contributed by atoms with E-state index in [1.54, 1.807) is 26.7 Å². The summed E-state index contributed by atoms with van der Waals surface area (Å²) in [5.41, 5.74) is 6.19. The molecule has 0 aliphatic heterocycles. The summed E-state index contributed by atoms with van der Waals surface area (Å²) in [4.78, 5) is 9.48. The summed E-state index contributed by atoms with van der Waals surface area (Å²) in [5.74, 6) is 2.11. The lowest BCUT2D eigenvalue weighted by Gasteiger charge is -2.14.